The van der Waals surface area contributed by atoms with Crippen LogP contribution in [0.5, 0.6) is 0 Å². The van der Waals surface area contributed by atoms with Gasteiger partial charge in [0.2, 0.25) is 0 Å². The lowest BCUT2D eigenvalue weighted by molar-refractivity contribution is 0.268. The highest BCUT2D eigenvalue weighted by molar-refractivity contribution is 6.30. The van der Waals surface area contributed by atoms with Crippen molar-refractivity contribution in [1.29, 1.82) is 0 Å². The molecule has 0 radical (unpaired) electrons. The maximum atomic E-state index is 13.1. The predicted octanol–water partition coefficient (Wildman–Crippen LogP) is 4.50. The molecule has 2 heterocycles. The highest BCUT2D eigenvalue weighted by Crippen LogP contribution is 2.21. The first kappa shape index (κ1) is 19.4. The Morgan fingerprint density at radius 2 is 1.79 bits per heavy atom. The van der Waals surface area contributed by atoms with Crippen LogP contribution in [-0.4, -0.2) is 26.0 Å². The standard InChI is InChI=1S/C22H20ClFN4O/c1-2-27(13-15-3-9-18(24)10-4-15)14-19-11-22(29)28-21(25-19)12-20(26-28)16-5-7-17(23)8-6-16/h3-12,26H,2,13-14H2,1H3. The zero-order valence-electron chi connectivity index (χ0n) is 15.9. The summed E-state index contributed by atoms with van der Waals surface area (Å²) < 4.78 is 14.6. The van der Waals surface area contributed by atoms with E-state index in [2.05, 4.69) is 15.0 Å². The van der Waals surface area contributed by atoms with Crippen LogP contribution in [0.4, 0.5) is 4.39 Å². The quantitative estimate of drug-likeness (QED) is 0.509. The molecule has 0 saturated carbocycles. The summed E-state index contributed by atoms with van der Waals surface area (Å²) in [6.45, 7) is 4.01. The van der Waals surface area contributed by atoms with Crippen LogP contribution in [0, 0.1) is 5.82 Å². The van der Waals surface area contributed by atoms with Crippen molar-refractivity contribution in [3.8, 4) is 11.3 Å². The van der Waals surface area contributed by atoms with Crippen LogP contribution in [0.2, 0.25) is 5.02 Å². The number of rotatable bonds is 6. The minimum atomic E-state index is -0.249. The molecule has 2 aromatic carbocycles. The van der Waals surface area contributed by atoms with Crippen molar-refractivity contribution in [1.82, 2.24) is 19.5 Å². The number of fused-ring (bicyclic) bond motifs is 1. The van der Waals surface area contributed by atoms with E-state index in [9.17, 15) is 9.18 Å². The highest BCUT2D eigenvalue weighted by Gasteiger charge is 2.11. The fourth-order valence-electron chi connectivity index (χ4n) is 3.26. The summed E-state index contributed by atoms with van der Waals surface area (Å²) in [4.78, 5) is 19.4. The molecule has 0 unspecified atom stereocenters. The van der Waals surface area contributed by atoms with Gasteiger partial charge in [0.15, 0.2) is 5.65 Å². The van der Waals surface area contributed by atoms with Gasteiger partial charge >= 0.3 is 0 Å². The molecule has 29 heavy (non-hydrogen) atoms. The molecule has 148 valence electrons. The van der Waals surface area contributed by atoms with E-state index in [4.69, 9.17) is 11.6 Å². The molecule has 0 spiro atoms. The zero-order valence-corrected chi connectivity index (χ0v) is 16.7. The Bertz CT molecular complexity index is 1180. The Balaban J connectivity index is 1.59. The van der Waals surface area contributed by atoms with Crippen molar-refractivity contribution in [2.45, 2.75) is 20.0 Å². The van der Waals surface area contributed by atoms with Crippen molar-refractivity contribution in [3.05, 3.63) is 93.1 Å². The summed E-state index contributed by atoms with van der Waals surface area (Å²) in [5.41, 5.74) is 3.83. The molecule has 0 bridgehead atoms. The van der Waals surface area contributed by atoms with Crippen molar-refractivity contribution >= 4 is 17.2 Å². The smallest absolute Gasteiger partial charge is 0.272 e. The third kappa shape index (κ3) is 4.39. The van der Waals surface area contributed by atoms with Crippen molar-refractivity contribution in [2.75, 3.05) is 6.54 Å². The van der Waals surface area contributed by atoms with Gasteiger partial charge in [0.05, 0.1) is 11.4 Å². The van der Waals surface area contributed by atoms with Crippen molar-refractivity contribution < 1.29 is 4.39 Å². The van der Waals surface area contributed by atoms with Gasteiger partial charge in [0.1, 0.15) is 5.82 Å². The van der Waals surface area contributed by atoms with E-state index in [1.54, 1.807) is 30.3 Å². The first-order valence-corrected chi connectivity index (χ1v) is 9.74. The molecular formula is C22H20ClFN4O. The van der Waals surface area contributed by atoms with Gasteiger partial charge in [-0.05, 0) is 41.9 Å². The van der Waals surface area contributed by atoms with E-state index >= 15 is 0 Å². The predicted molar refractivity (Wildman–Crippen MR) is 112 cm³/mol. The molecule has 0 aliphatic heterocycles. The number of hydrogen-bond donors (Lipinski definition) is 1. The molecule has 0 fully saturated rings. The topological polar surface area (TPSA) is 53.4 Å². The Hall–Kier alpha value is -2.96. The number of H-pyrrole nitrogens is 1. The Morgan fingerprint density at radius 1 is 1.07 bits per heavy atom. The minimum Gasteiger partial charge on any atom is -0.294 e. The first-order valence-electron chi connectivity index (χ1n) is 9.36. The van der Waals surface area contributed by atoms with Crippen LogP contribution in [0.3, 0.4) is 0 Å². The fourth-order valence-corrected chi connectivity index (χ4v) is 3.38. The number of halogens is 2. The third-order valence-electron chi connectivity index (χ3n) is 4.81. The number of hydrogen-bond acceptors (Lipinski definition) is 3. The van der Waals surface area contributed by atoms with Crippen LogP contribution in [0.15, 0.2) is 65.5 Å². The molecule has 7 heteroatoms. The Labute approximate surface area is 172 Å². The van der Waals surface area contributed by atoms with Gasteiger partial charge in [-0.1, -0.05) is 42.8 Å². The molecule has 0 aliphatic rings. The van der Waals surface area contributed by atoms with E-state index in [-0.39, 0.29) is 11.4 Å². The average molecular weight is 411 g/mol. The first-order chi connectivity index (χ1) is 14.0. The maximum absolute atomic E-state index is 13.1. The van der Waals surface area contributed by atoms with Crippen molar-refractivity contribution in [3.63, 3.8) is 0 Å². The lowest BCUT2D eigenvalue weighted by atomic mass is 10.1. The summed E-state index contributed by atoms with van der Waals surface area (Å²) >= 11 is 5.95. The minimum absolute atomic E-state index is 0.164. The van der Waals surface area contributed by atoms with Gasteiger partial charge in [-0.25, -0.2) is 13.9 Å². The summed E-state index contributed by atoms with van der Waals surface area (Å²) in [6, 6.07) is 17.2. The largest absolute Gasteiger partial charge is 0.294 e. The SMILES string of the molecule is CCN(Cc1ccc(F)cc1)Cc1cc(=O)n2[nH]c(-c3ccc(Cl)cc3)cc2n1. The fraction of sp³-hybridized carbons (Fsp3) is 0.182. The summed E-state index contributed by atoms with van der Waals surface area (Å²) in [7, 11) is 0. The molecule has 2 aromatic heterocycles. The molecule has 0 saturated heterocycles. The molecule has 1 N–H and O–H groups in total. The number of nitrogens with zero attached hydrogens (tertiary/aromatic N) is 3. The molecule has 5 nitrogen and oxygen atoms in total. The number of aromatic amines is 1. The van der Waals surface area contributed by atoms with Gasteiger partial charge in [0.25, 0.3) is 5.56 Å². The van der Waals surface area contributed by atoms with Crippen molar-refractivity contribution in [2.24, 2.45) is 0 Å². The van der Waals surface area contributed by atoms with Gasteiger partial charge in [-0.15, -0.1) is 0 Å². The molecule has 0 atom stereocenters. The van der Waals surface area contributed by atoms with Crippen LogP contribution < -0.4 is 5.56 Å². The molecule has 0 amide bonds. The Morgan fingerprint density at radius 3 is 2.48 bits per heavy atom. The summed E-state index contributed by atoms with van der Waals surface area (Å²) in [5.74, 6) is -0.249. The van der Waals surface area contributed by atoms with Gasteiger partial charge in [-0.3, -0.25) is 14.8 Å². The average Bonchev–Trinajstić information content (AvgIpc) is 3.14. The van der Waals surface area contributed by atoms with Crippen LogP contribution >= 0.6 is 11.6 Å². The van der Waals surface area contributed by atoms with Gasteiger partial charge in [0, 0.05) is 30.2 Å². The second-order valence-corrected chi connectivity index (χ2v) is 7.32. The normalized spacial score (nSPS) is 11.4. The van der Waals surface area contributed by atoms with E-state index in [1.807, 2.05) is 25.1 Å². The van der Waals surface area contributed by atoms with Gasteiger partial charge < -0.3 is 0 Å². The number of benzene rings is 2. The van der Waals surface area contributed by atoms with Gasteiger partial charge in [-0.2, -0.15) is 0 Å². The number of nitrogens with one attached hydrogen (secondary N) is 1. The summed E-state index contributed by atoms with van der Waals surface area (Å²) in [6.07, 6.45) is 0. The molecular weight excluding hydrogens is 391 g/mol. The lowest BCUT2D eigenvalue weighted by Gasteiger charge is -2.20. The van der Waals surface area contributed by atoms with Crippen LogP contribution in [-0.2, 0) is 13.1 Å². The molecule has 4 rings (SSSR count). The lowest BCUT2D eigenvalue weighted by Crippen LogP contribution is -2.25. The van der Waals surface area contributed by atoms with E-state index in [1.165, 1.54) is 16.6 Å². The molecule has 0 aliphatic carbocycles. The Kier molecular flexibility index (Phi) is 5.47. The number of aromatic nitrogens is 3. The third-order valence-corrected chi connectivity index (χ3v) is 5.06. The van der Waals surface area contributed by atoms with E-state index < -0.39 is 0 Å². The van der Waals surface area contributed by atoms with Crippen LogP contribution in [0.25, 0.3) is 16.9 Å². The van der Waals surface area contributed by atoms with E-state index in [0.29, 0.717) is 29.5 Å². The van der Waals surface area contributed by atoms with Crippen LogP contribution in [0.1, 0.15) is 18.2 Å². The molecule has 4 aromatic rings. The maximum Gasteiger partial charge on any atom is 0.272 e. The highest BCUT2D eigenvalue weighted by atomic mass is 35.5. The second-order valence-electron chi connectivity index (χ2n) is 6.89. The summed E-state index contributed by atoms with van der Waals surface area (Å²) in [5, 5.41) is 3.74. The monoisotopic (exact) mass is 410 g/mol. The second kappa shape index (κ2) is 8.19. The zero-order chi connectivity index (χ0) is 20.4. The van der Waals surface area contributed by atoms with E-state index in [0.717, 1.165) is 23.4 Å².